The van der Waals surface area contributed by atoms with Gasteiger partial charge in [-0.1, -0.05) is 6.07 Å². The van der Waals surface area contributed by atoms with Crippen molar-refractivity contribution in [2.75, 3.05) is 12.8 Å². The van der Waals surface area contributed by atoms with Gasteiger partial charge in [0, 0.05) is 22.9 Å². The number of methoxy groups -OCH3 is 1. The topological polar surface area (TPSA) is 52.3 Å². The molecule has 1 aromatic carbocycles. The third-order valence-electron chi connectivity index (χ3n) is 3.76. The molecular weight excluding hydrogens is 246 g/mol. The smallest absolute Gasteiger partial charge is 0.0583 e. The molecule has 0 amide bonds. The Morgan fingerprint density at radius 2 is 2.17 bits per heavy atom. The van der Waals surface area contributed by atoms with E-state index in [1.165, 1.54) is 0 Å². The Kier molecular flexibility index (Phi) is 4.40. The van der Waals surface area contributed by atoms with Gasteiger partial charge < -0.3 is 10.5 Å². The van der Waals surface area contributed by atoms with Crippen molar-refractivity contribution in [3.05, 3.63) is 23.8 Å². The highest BCUT2D eigenvalue weighted by Crippen LogP contribution is 2.30. The first-order chi connectivity index (χ1) is 8.63. The summed E-state index contributed by atoms with van der Waals surface area (Å²) in [5.41, 5.74) is 7.56. The quantitative estimate of drug-likeness (QED) is 0.857. The molecule has 2 N–H and O–H groups in total. The first-order valence-electron chi connectivity index (χ1n) is 6.42. The van der Waals surface area contributed by atoms with Crippen molar-refractivity contribution in [3.8, 4) is 0 Å². The molecule has 1 fully saturated rings. The van der Waals surface area contributed by atoms with E-state index in [4.69, 9.17) is 10.5 Å². The molecule has 1 aliphatic rings. The van der Waals surface area contributed by atoms with Gasteiger partial charge in [0.25, 0.3) is 0 Å². The van der Waals surface area contributed by atoms with Crippen LogP contribution in [0.25, 0.3) is 0 Å². The van der Waals surface area contributed by atoms with Crippen molar-refractivity contribution in [1.82, 2.24) is 0 Å². The lowest BCUT2D eigenvalue weighted by Gasteiger charge is -2.28. The molecule has 18 heavy (non-hydrogen) atoms. The minimum absolute atomic E-state index is 0.198. The average Bonchev–Trinajstić information content (AvgIpc) is 2.41. The van der Waals surface area contributed by atoms with E-state index < -0.39 is 10.8 Å². The van der Waals surface area contributed by atoms with Crippen molar-refractivity contribution in [3.63, 3.8) is 0 Å². The minimum atomic E-state index is -0.974. The first kappa shape index (κ1) is 13.6. The van der Waals surface area contributed by atoms with Crippen molar-refractivity contribution in [2.24, 2.45) is 0 Å². The molecule has 1 aliphatic carbocycles. The summed E-state index contributed by atoms with van der Waals surface area (Å²) in [7, 11) is 0.764. The molecule has 100 valence electrons. The molecule has 3 atom stereocenters. The van der Waals surface area contributed by atoms with E-state index in [0.717, 1.165) is 41.8 Å². The third kappa shape index (κ3) is 2.75. The molecule has 0 radical (unpaired) electrons. The maximum Gasteiger partial charge on any atom is 0.0583 e. The Bertz CT molecular complexity index is 447. The van der Waals surface area contributed by atoms with E-state index in [2.05, 4.69) is 0 Å². The monoisotopic (exact) mass is 267 g/mol. The predicted molar refractivity (Wildman–Crippen MR) is 75.1 cm³/mol. The van der Waals surface area contributed by atoms with Crippen molar-refractivity contribution < 1.29 is 8.95 Å². The molecule has 3 nitrogen and oxygen atoms in total. The van der Waals surface area contributed by atoms with Crippen LogP contribution in [0.5, 0.6) is 0 Å². The van der Waals surface area contributed by atoms with Crippen LogP contribution in [0.2, 0.25) is 0 Å². The summed E-state index contributed by atoms with van der Waals surface area (Å²) in [6, 6.07) is 5.67. The molecule has 3 unspecified atom stereocenters. The van der Waals surface area contributed by atoms with Gasteiger partial charge >= 0.3 is 0 Å². The first-order valence-corrected chi connectivity index (χ1v) is 7.63. The van der Waals surface area contributed by atoms with Crippen LogP contribution in [-0.4, -0.2) is 22.7 Å². The number of nitrogens with two attached hydrogens (primary N) is 1. The SMILES string of the molecule is COC1CCCC(S(=O)c2cccc(N)c2C)C1. The Morgan fingerprint density at radius 3 is 2.89 bits per heavy atom. The highest BCUT2D eigenvalue weighted by Gasteiger charge is 2.27. The van der Waals surface area contributed by atoms with E-state index in [-0.39, 0.29) is 11.4 Å². The van der Waals surface area contributed by atoms with Gasteiger partial charge in [0.2, 0.25) is 0 Å². The Morgan fingerprint density at radius 1 is 1.39 bits per heavy atom. The molecule has 0 saturated heterocycles. The van der Waals surface area contributed by atoms with Crippen molar-refractivity contribution in [2.45, 2.75) is 48.9 Å². The molecule has 0 heterocycles. The molecule has 0 bridgehead atoms. The van der Waals surface area contributed by atoms with Crippen LogP contribution >= 0.6 is 0 Å². The maximum absolute atomic E-state index is 12.6. The minimum Gasteiger partial charge on any atom is -0.398 e. The van der Waals surface area contributed by atoms with Gasteiger partial charge in [-0.15, -0.1) is 0 Å². The zero-order chi connectivity index (χ0) is 13.1. The summed E-state index contributed by atoms with van der Waals surface area (Å²) < 4.78 is 18.0. The fourth-order valence-corrected chi connectivity index (χ4v) is 4.30. The molecular formula is C14H21NO2S. The number of ether oxygens (including phenoxy) is 1. The van der Waals surface area contributed by atoms with Crippen LogP contribution in [0.1, 0.15) is 31.2 Å². The third-order valence-corrected chi connectivity index (χ3v) is 5.67. The fourth-order valence-electron chi connectivity index (χ4n) is 2.54. The summed E-state index contributed by atoms with van der Waals surface area (Å²) in [4.78, 5) is 0.886. The molecule has 0 aromatic heterocycles. The van der Waals surface area contributed by atoms with Gasteiger partial charge in [-0.2, -0.15) is 0 Å². The number of anilines is 1. The van der Waals surface area contributed by atoms with Gasteiger partial charge in [0.1, 0.15) is 0 Å². The lowest BCUT2D eigenvalue weighted by Crippen LogP contribution is -2.29. The largest absolute Gasteiger partial charge is 0.398 e. The lowest BCUT2D eigenvalue weighted by molar-refractivity contribution is 0.0725. The standard InChI is InChI=1S/C14H21NO2S/c1-10-13(15)7-4-8-14(10)18(16)12-6-3-5-11(9-12)17-2/h4,7-8,11-12H,3,5-6,9,15H2,1-2H3. The summed E-state index contributed by atoms with van der Waals surface area (Å²) in [5.74, 6) is 0. The highest BCUT2D eigenvalue weighted by molar-refractivity contribution is 7.85. The molecule has 4 heteroatoms. The second kappa shape index (κ2) is 5.85. The van der Waals surface area contributed by atoms with Crippen LogP contribution in [-0.2, 0) is 15.5 Å². The summed E-state index contributed by atoms with van der Waals surface area (Å²) >= 11 is 0. The van der Waals surface area contributed by atoms with Crippen molar-refractivity contribution >= 4 is 16.5 Å². The van der Waals surface area contributed by atoms with Gasteiger partial charge in [-0.25, -0.2) is 0 Å². The Balaban J connectivity index is 2.18. The normalized spacial score (nSPS) is 25.9. The second-order valence-corrected chi connectivity index (χ2v) is 6.62. The lowest BCUT2D eigenvalue weighted by atomic mass is 9.97. The molecule has 0 aliphatic heterocycles. The molecule has 2 rings (SSSR count). The average molecular weight is 267 g/mol. The zero-order valence-corrected chi connectivity index (χ0v) is 11.8. The Labute approximate surface area is 111 Å². The van der Waals surface area contributed by atoms with Crippen LogP contribution in [0.3, 0.4) is 0 Å². The molecule has 1 aromatic rings. The van der Waals surface area contributed by atoms with Crippen LogP contribution < -0.4 is 5.73 Å². The summed E-state index contributed by atoms with van der Waals surface area (Å²) in [5, 5.41) is 0.198. The number of rotatable bonds is 3. The van der Waals surface area contributed by atoms with Gasteiger partial charge in [0.05, 0.1) is 16.9 Å². The van der Waals surface area contributed by atoms with Gasteiger partial charge in [-0.05, 0) is 50.3 Å². The predicted octanol–water partition coefficient (Wildman–Crippen LogP) is 2.64. The maximum atomic E-state index is 12.6. The van der Waals surface area contributed by atoms with Gasteiger partial charge in [0.15, 0.2) is 0 Å². The Hall–Kier alpha value is -0.870. The van der Waals surface area contributed by atoms with E-state index in [1.54, 1.807) is 7.11 Å². The summed E-state index contributed by atoms with van der Waals surface area (Å²) in [6.45, 7) is 1.94. The highest BCUT2D eigenvalue weighted by atomic mass is 32.2. The van der Waals surface area contributed by atoms with E-state index >= 15 is 0 Å². The second-order valence-electron chi connectivity index (χ2n) is 4.91. The van der Waals surface area contributed by atoms with Crippen molar-refractivity contribution in [1.29, 1.82) is 0 Å². The van der Waals surface area contributed by atoms with E-state index in [1.807, 2.05) is 25.1 Å². The number of benzene rings is 1. The zero-order valence-electron chi connectivity index (χ0n) is 11.0. The number of hydrogen-bond donors (Lipinski definition) is 1. The van der Waals surface area contributed by atoms with E-state index in [0.29, 0.717) is 0 Å². The number of nitrogen functional groups attached to an aromatic ring is 1. The van der Waals surface area contributed by atoms with Crippen LogP contribution in [0.4, 0.5) is 5.69 Å². The number of hydrogen-bond acceptors (Lipinski definition) is 3. The van der Waals surface area contributed by atoms with Crippen LogP contribution in [0.15, 0.2) is 23.1 Å². The van der Waals surface area contributed by atoms with Gasteiger partial charge in [-0.3, -0.25) is 4.21 Å². The molecule has 0 spiro atoms. The van der Waals surface area contributed by atoms with E-state index in [9.17, 15) is 4.21 Å². The fraction of sp³-hybridized carbons (Fsp3) is 0.571. The summed E-state index contributed by atoms with van der Waals surface area (Å²) in [6.07, 6.45) is 4.34. The van der Waals surface area contributed by atoms with Crippen LogP contribution in [0, 0.1) is 6.92 Å². The molecule has 1 saturated carbocycles.